The average molecular weight is 500 g/mol. The molecule has 0 aliphatic carbocycles. The zero-order chi connectivity index (χ0) is 24.4. The number of sulfonamides is 1. The Morgan fingerprint density at radius 3 is 2.43 bits per heavy atom. The molecule has 1 aromatic heterocycles. The van der Waals surface area contributed by atoms with Gasteiger partial charge >= 0.3 is 0 Å². The van der Waals surface area contributed by atoms with Crippen LogP contribution < -0.4 is 10.0 Å². The van der Waals surface area contributed by atoms with Crippen LogP contribution in [0.5, 0.6) is 0 Å². The quantitative estimate of drug-likeness (QED) is 0.286. The van der Waals surface area contributed by atoms with Gasteiger partial charge in [0.1, 0.15) is 0 Å². The van der Waals surface area contributed by atoms with Crippen LogP contribution in [0.25, 0.3) is 22.0 Å². The number of anilines is 2. The molecule has 1 heterocycles. The minimum atomic E-state index is -3.77. The van der Waals surface area contributed by atoms with Gasteiger partial charge in [-0.05, 0) is 54.1 Å². The van der Waals surface area contributed by atoms with Gasteiger partial charge in [-0.25, -0.2) is 13.4 Å². The molecule has 0 saturated carbocycles. The number of carbonyl (C=O) groups is 1. The second-order valence-corrected chi connectivity index (χ2v) is 10.6. The van der Waals surface area contributed by atoms with Gasteiger partial charge in [0.2, 0.25) is 0 Å². The third-order valence-corrected chi connectivity index (χ3v) is 7.63. The highest BCUT2D eigenvalue weighted by Crippen LogP contribution is 2.28. The second kappa shape index (κ2) is 9.32. The average Bonchev–Trinajstić information content (AvgIpc) is 3.32. The van der Waals surface area contributed by atoms with Gasteiger partial charge in [-0.2, -0.15) is 0 Å². The second-order valence-electron chi connectivity index (χ2n) is 8.05. The molecule has 0 radical (unpaired) electrons. The number of nitrogens with one attached hydrogen (secondary N) is 2. The molecule has 0 unspecified atom stereocenters. The SMILES string of the molecule is Cc1ccc(S(=O)(=O)Nc2cccc(C(=O)Nc3nc(-c4ccc5ccccc5c4)cs3)c2)cc1. The summed E-state index contributed by atoms with van der Waals surface area (Å²) in [5, 5.41) is 7.43. The van der Waals surface area contributed by atoms with Crippen LogP contribution in [0.4, 0.5) is 10.8 Å². The molecule has 0 atom stereocenters. The molecule has 174 valence electrons. The summed E-state index contributed by atoms with van der Waals surface area (Å²) < 4.78 is 27.9. The standard InChI is InChI=1S/C27H21N3O3S2/c1-18-9-13-24(14-10-18)35(32,33)30-23-8-4-7-22(16-23)26(31)29-27-28-25(17-34-27)21-12-11-19-5-2-3-6-20(19)15-21/h2-17,30H,1H3,(H,28,29,31). The number of thiazole rings is 1. The highest BCUT2D eigenvalue weighted by molar-refractivity contribution is 7.92. The smallest absolute Gasteiger partial charge is 0.261 e. The number of aromatic nitrogens is 1. The highest BCUT2D eigenvalue weighted by Gasteiger charge is 2.16. The van der Waals surface area contributed by atoms with Crippen molar-refractivity contribution < 1.29 is 13.2 Å². The van der Waals surface area contributed by atoms with E-state index in [9.17, 15) is 13.2 Å². The number of nitrogens with zero attached hydrogens (tertiary/aromatic N) is 1. The predicted molar refractivity (Wildman–Crippen MR) is 141 cm³/mol. The van der Waals surface area contributed by atoms with Gasteiger partial charge in [-0.15, -0.1) is 11.3 Å². The van der Waals surface area contributed by atoms with Crippen LogP contribution in [0.3, 0.4) is 0 Å². The third kappa shape index (κ3) is 5.08. The van der Waals surface area contributed by atoms with Gasteiger partial charge in [0, 0.05) is 22.2 Å². The van der Waals surface area contributed by atoms with Gasteiger partial charge in [0.25, 0.3) is 15.9 Å². The summed E-state index contributed by atoms with van der Waals surface area (Å²) in [7, 11) is -3.77. The Balaban J connectivity index is 1.31. The van der Waals surface area contributed by atoms with Crippen molar-refractivity contribution in [3.05, 3.63) is 108 Å². The van der Waals surface area contributed by atoms with Crippen molar-refractivity contribution in [1.82, 2.24) is 4.98 Å². The van der Waals surface area contributed by atoms with Gasteiger partial charge < -0.3 is 0 Å². The van der Waals surface area contributed by atoms with E-state index in [0.29, 0.717) is 16.4 Å². The maximum Gasteiger partial charge on any atom is 0.261 e. The number of rotatable bonds is 6. The van der Waals surface area contributed by atoms with Gasteiger partial charge in [0.05, 0.1) is 10.6 Å². The zero-order valence-corrected chi connectivity index (χ0v) is 20.4. The molecule has 0 bridgehead atoms. The number of carbonyl (C=O) groups excluding carboxylic acids is 1. The van der Waals surface area contributed by atoms with Crippen molar-refractivity contribution >= 4 is 48.9 Å². The summed E-state index contributed by atoms with van der Waals surface area (Å²) in [5.41, 5.74) is 3.32. The van der Waals surface area contributed by atoms with E-state index in [1.807, 2.05) is 42.6 Å². The number of amides is 1. The summed E-state index contributed by atoms with van der Waals surface area (Å²) >= 11 is 1.33. The topological polar surface area (TPSA) is 88.2 Å². The zero-order valence-electron chi connectivity index (χ0n) is 18.7. The van der Waals surface area contributed by atoms with E-state index in [-0.39, 0.29) is 10.8 Å². The molecule has 0 fully saturated rings. The first-order chi connectivity index (χ1) is 16.9. The van der Waals surface area contributed by atoms with Crippen LogP contribution in [0.2, 0.25) is 0 Å². The lowest BCUT2D eigenvalue weighted by Crippen LogP contribution is -2.15. The van der Waals surface area contributed by atoms with Crippen molar-refractivity contribution in [1.29, 1.82) is 0 Å². The van der Waals surface area contributed by atoms with Gasteiger partial charge in [0.15, 0.2) is 5.13 Å². The summed E-state index contributed by atoms with van der Waals surface area (Å²) in [4.78, 5) is 17.5. The maximum absolute atomic E-state index is 12.8. The van der Waals surface area contributed by atoms with Crippen molar-refractivity contribution in [2.75, 3.05) is 10.0 Å². The maximum atomic E-state index is 12.8. The lowest BCUT2D eigenvalue weighted by atomic mass is 10.1. The van der Waals surface area contributed by atoms with Crippen LogP contribution in [0.1, 0.15) is 15.9 Å². The fourth-order valence-corrected chi connectivity index (χ4v) is 5.40. The van der Waals surface area contributed by atoms with Crippen LogP contribution in [0.15, 0.2) is 101 Å². The molecule has 6 nitrogen and oxygen atoms in total. The first-order valence-corrected chi connectivity index (χ1v) is 13.2. The van der Waals surface area contributed by atoms with E-state index < -0.39 is 10.0 Å². The normalized spacial score (nSPS) is 11.3. The molecule has 5 rings (SSSR count). The van der Waals surface area contributed by atoms with Crippen LogP contribution in [0, 0.1) is 6.92 Å². The lowest BCUT2D eigenvalue weighted by molar-refractivity contribution is 0.102. The van der Waals surface area contributed by atoms with E-state index in [0.717, 1.165) is 27.6 Å². The largest absolute Gasteiger partial charge is 0.298 e. The van der Waals surface area contributed by atoms with E-state index in [2.05, 4.69) is 27.2 Å². The summed E-state index contributed by atoms with van der Waals surface area (Å²) in [6, 6.07) is 27.1. The van der Waals surface area contributed by atoms with Gasteiger partial charge in [-0.1, -0.05) is 60.2 Å². The van der Waals surface area contributed by atoms with Crippen LogP contribution in [-0.4, -0.2) is 19.3 Å². The molecule has 0 saturated heterocycles. The predicted octanol–water partition coefficient (Wildman–Crippen LogP) is 6.32. The van der Waals surface area contributed by atoms with Crippen molar-refractivity contribution in [3.8, 4) is 11.3 Å². The molecule has 0 aliphatic heterocycles. The first kappa shape index (κ1) is 22.8. The Bertz CT molecular complexity index is 1640. The number of benzene rings is 4. The minimum absolute atomic E-state index is 0.155. The fraction of sp³-hybridized carbons (Fsp3) is 0.0370. The Morgan fingerprint density at radius 2 is 1.63 bits per heavy atom. The number of aryl methyl sites for hydroxylation is 1. The van der Waals surface area contributed by atoms with Crippen LogP contribution >= 0.6 is 11.3 Å². The minimum Gasteiger partial charge on any atom is -0.298 e. The van der Waals surface area contributed by atoms with Crippen LogP contribution in [-0.2, 0) is 10.0 Å². The van der Waals surface area contributed by atoms with Crippen molar-refractivity contribution in [2.24, 2.45) is 0 Å². The van der Waals surface area contributed by atoms with E-state index >= 15 is 0 Å². The third-order valence-electron chi connectivity index (χ3n) is 5.48. The molecule has 35 heavy (non-hydrogen) atoms. The Kier molecular flexibility index (Phi) is 6.07. The number of hydrogen-bond acceptors (Lipinski definition) is 5. The van der Waals surface area contributed by atoms with Gasteiger partial charge in [-0.3, -0.25) is 14.8 Å². The number of hydrogen-bond donors (Lipinski definition) is 2. The molecule has 5 aromatic rings. The Labute approximate surface area is 207 Å². The molecular weight excluding hydrogens is 478 g/mol. The molecule has 0 spiro atoms. The molecule has 0 aliphatic rings. The van der Waals surface area contributed by atoms with Crippen molar-refractivity contribution in [2.45, 2.75) is 11.8 Å². The monoisotopic (exact) mass is 499 g/mol. The van der Waals surface area contributed by atoms with E-state index in [4.69, 9.17) is 0 Å². The highest BCUT2D eigenvalue weighted by atomic mass is 32.2. The summed E-state index contributed by atoms with van der Waals surface area (Å²) in [5.74, 6) is -0.374. The summed E-state index contributed by atoms with van der Waals surface area (Å²) in [6.07, 6.45) is 0. The molecule has 4 aromatic carbocycles. The van der Waals surface area contributed by atoms with Crippen molar-refractivity contribution in [3.63, 3.8) is 0 Å². The molecular formula is C27H21N3O3S2. The fourth-order valence-electron chi connectivity index (χ4n) is 3.64. The van der Waals surface area contributed by atoms with E-state index in [1.54, 1.807) is 42.5 Å². The lowest BCUT2D eigenvalue weighted by Gasteiger charge is -2.10. The molecule has 1 amide bonds. The Hall–Kier alpha value is -4.01. The first-order valence-electron chi connectivity index (χ1n) is 10.8. The van der Waals surface area contributed by atoms with E-state index in [1.165, 1.54) is 17.4 Å². The molecule has 8 heteroatoms. The molecule has 2 N–H and O–H groups in total. The summed E-state index contributed by atoms with van der Waals surface area (Å²) in [6.45, 7) is 1.89. The Morgan fingerprint density at radius 1 is 0.857 bits per heavy atom. The number of fused-ring (bicyclic) bond motifs is 1.